The number of rotatable bonds is 2. The summed E-state index contributed by atoms with van der Waals surface area (Å²) >= 11 is 0. The summed E-state index contributed by atoms with van der Waals surface area (Å²) in [6, 6.07) is 2.39. The summed E-state index contributed by atoms with van der Waals surface area (Å²) in [5, 5.41) is 20.5. The van der Waals surface area contributed by atoms with E-state index in [1.807, 2.05) is 0 Å². The molecule has 0 bridgehead atoms. The van der Waals surface area contributed by atoms with Crippen LogP contribution in [0.1, 0.15) is 20.8 Å². The molecule has 0 aliphatic heterocycles. The van der Waals surface area contributed by atoms with Gasteiger partial charge in [0.15, 0.2) is 0 Å². The fraction of sp³-hybridized carbons (Fsp3) is 0. The zero-order valence-corrected chi connectivity index (χ0v) is 9.49. The summed E-state index contributed by atoms with van der Waals surface area (Å²) in [6.45, 7) is 0. The second-order valence-corrected chi connectivity index (χ2v) is 1.97. The van der Waals surface area contributed by atoms with Crippen LogP contribution in [0.15, 0.2) is 18.3 Å². The summed E-state index contributed by atoms with van der Waals surface area (Å²) in [4.78, 5) is 23.9. The van der Waals surface area contributed by atoms with Crippen molar-refractivity contribution in [1.82, 2.24) is 4.98 Å². The fourth-order valence-corrected chi connectivity index (χ4v) is 0.733. The number of aromatic carboxylic acids is 2. The summed E-state index contributed by atoms with van der Waals surface area (Å²) in [5.41, 5.74) is -1.09. The van der Waals surface area contributed by atoms with Gasteiger partial charge in [-0.1, -0.05) is 0 Å². The van der Waals surface area contributed by atoms with Crippen molar-refractivity contribution in [2.75, 3.05) is 0 Å². The van der Waals surface area contributed by atoms with E-state index in [-0.39, 0.29) is 19.5 Å². The Morgan fingerprint density at radius 1 is 1.23 bits per heavy atom. The normalized spacial score (nSPS) is 8.62. The van der Waals surface area contributed by atoms with Crippen molar-refractivity contribution >= 4 is 11.9 Å². The Balaban J connectivity index is 0.00000144. The molecule has 0 aliphatic rings. The van der Waals surface area contributed by atoms with E-state index >= 15 is 0 Å². The Bertz CT molecular complexity index is 306. The van der Waals surface area contributed by atoms with Gasteiger partial charge in [0, 0.05) is 11.8 Å². The van der Waals surface area contributed by atoms with E-state index < -0.39 is 23.2 Å². The van der Waals surface area contributed by atoms with Gasteiger partial charge in [0.1, 0.15) is 0 Å². The van der Waals surface area contributed by atoms with E-state index in [9.17, 15) is 19.8 Å². The van der Waals surface area contributed by atoms with Crippen LogP contribution >= 0.6 is 0 Å². The Labute approximate surface area is 86.2 Å². The van der Waals surface area contributed by atoms with E-state index in [0.29, 0.717) is 0 Å². The number of carboxylic acid groups (broad SMARTS) is 2. The van der Waals surface area contributed by atoms with Crippen LogP contribution < -0.4 is 10.2 Å². The molecule has 0 saturated carbocycles. The molecule has 0 atom stereocenters. The van der Waals surface area contributed by atoms with Crippen molar-refractivity contribution < 1.29 is 39.3 Å². The molecule has 1 aromatic heterocycles. The molecule has 0 N–H and O–H groups in total. The van der Waals surface area contributed by atoms with Gasteiger partial charge < -0.3 is 19.8 Å². The Kier molecular flexibility index (Phi) is 4.21. The van der Waals surface area contributed by atoms with E-state index in [1.165, 1.54) is 6.07 Å². The SMILES string of the molecule is O=C([O-])c1cccnc1C(=O)[O-].[Zn+2]. The number of aromatic nitrogens is 1. The molecule has 0 amide bonds. The molecule has 0 unspecified atom stereocenters. The molecule has 1 aromatic rings. The molecular weight excluding hydrogens is 227 g/mol. The molecule has 0 aliphatic carbocycles. The van der Waals surface area contributed by atoms with Crippen LogP contribution in [0.2, 0.25) is 0 Å². The Hall–Kier alpha value is -1.29. The van der Waals surface area contributed by atoms with Gasteiger partial charge in [0.25, 0.3) is 0 Å². The van der Waals surface area contributed by atoms with Gasteiger partial charge in [-0.25, -0.2) is 0 Å². The van der Waals surface area contributed by atoms with Crippen molar-refractivity contribution in [3.63, 3.8) is 0 Å². The van der Waals surface area contributed by atoms with Gasteiger partial charge in [0.2, 0.25) is 0 Å². The molecule has 6 heteroatoms. The molecule has 62 valence electrons. The van der Waals surface area contributed by atoms with Gasteiger partial charge >= 0.3 is 19.5 Å². The van der Waals surface area contributed by atoms with Gasteiger partial charge in [-0.15, -0.1) is 0 Å². The van der Waals surface area contributed by atoms with Gasteiger partial charge in [0.05, 0.1) is 17.6 Å². The summed E-state index contributed by atoms with van der Waals surface area (Å²) < 4.78 is 0. The molecule has 1 rings (SSSR count). The second kappa shape index (κ2) is 4.67. The van der Waals surface area contributed by atoms with Crippen LogP contribution in [-0.2, 0) is 19.5 Å². The minimum Gasteiger partial charge on any atom is -0.545 e. The third-order valence-electron chi connectivity index (χ3n) is 1.22. The molecule has 13 heavy (non-hydrogen) atoms. The number of hydrogen-bond acceptors (Lipinski definition) is 5. The van der Waals surface area contributed by atoms with Crippen LogP contribution in [0.3, 0.4) is 0 Å². The maximum absolute atomic E-state index is 10.3. The van der Waals surface area contributed by atoms with E-state index in [4.69, 9.17) is 0 Å². The molecule has 5 nitrogen and oxygen atoms in total. The maximum Gasteiger partial charge on any atom is 2.00 e. The minimum atomic E-state index is -1.63. The van der Waals surface area contributed by atoms with Crippen molar-refractivity contribution in [3.8, 4) is 0 Å². The largest absolute Gasteiger partial charge is 2.00 e. The smallest absolute Gasteiger partial charge is 0.545 e. The zero-order chi connectivity index (χ0) is 9.14. The van der Waals surface area contributed by atoms with Crippen LogP contribution in [-0.4, -0.2) is 16.9 Å². The van der Waals surface area contributed by atoms with Crippen LogP contribution in [0.25, 0.3) is 0 Å². The summed E-state index contributed by atoms with van der Waals surface area (Å²) in [6.07, 6.45) is 1.16. The fourth-order valence-electron chi connectivity index (χ4n) is 0.733. The van der Waals surface area contributed by atoms with Crippen LogP contribution in [0.4, 0.5) is 0 Å². The topological polar surface area (TPSA) is 93.2 Å². The molecule has 0 spiro atoms. The molecule has 1 heterocycles. The summed E-state index contributed by atoms with van der Waals surface area (Å²) in [5.74, 6) is -3.21. The van der Waals surface area contributed by atoms with Gasteiger partial charge in [-0.3, -0.25) is 4.98 Å². The first-order chi connectivity index (χ1) is 5.63. The number of pyridine rings is 1. The van der Waals surface area contributed by atoms with Crippen molar-refractivity contribution in [1.29, 1.82) is 0 Å². The number of carbonyl (C=O) groups is 2. The van der Waals surface area contributed by atoms with Gasteiger partial charge in [-0.05, 0) is 12.1 Å². The molecule has 0 aromatic carbocycles. The number of carboxylic acids is 2. The standard InChI is InChI=1S/C7H5NO4.Zn/c9-6(10)4-2-1-3-8-5(4)7(11)12;/h1-3H,(H,9,10)(H,11,12);/q;+2/p-2. The predicted octanol–water partition coefficient (Wildman–Crippen LogP) is -2.19. The van der Waals surface area contributed by atoms with E-state index in [2.05, 4.69) is 4.98 Å². The number of nitrogens with zero attached hydrogens (tertiary/aromatic N) is 1. The monoisotopic (exact) mass is 229 g/mol. The first kappa shape index (κ1) is 11.7. The average Bonchev–Trinajstić information content (AvgIpc) is 2.04. The first-order valence-electron chi connectivity index (χ1n) is 3.00. The van der Waals surface area contributed by atoms with Crippen molar-refractivity contribution in [2.45, 2.75) is 0 Å². The van der Waals surface area contributed by atoms with E-state index in [0.717, 1.165) is 12.3 Å². The second-order valence-electron chi connectivity index (χ2n) is 1.97. The molecule has 0 fully saturated rings. The van der Waals surface area contributed by atoms with Crippen LogP contribution in [0.5, 0.6) is 0 Å². The third kappa shape index (κ3) is 2.59. The third-order valence-corrected chi connectivity index (χ3v) is 1.22. The Morgan fingerprint density at radius 2 is 1.85 bits per heavy atom. The van der Waals surface area contributed by atoms with E-state index in [1.54, 1.807) is 0 Å². The molecular formula is C7H3NO4Zn. The molecule has 0 saturated heterocycles. The first-order valence-corrected chi connectivity index (χ1v) is 3.00. The summed E-state index contributed by atoms with van der Waals surface area (Å²) in [7, 11) is 0. The quantitative estimate of drug-likeness (QED) is 0.538. The van der Waals surface area contributed by atoms with Gasteiger partial charge in [-0.2, -0.15) is 0 Å². The minimum absolute atomic E-state index is 0. The number of hydrogen-bond donors (Lipinski definition) is 0. The molecule has 0 radical (unpaired) electrons. The van der Waals surface area contributed by atoms with Crippen LogP contribution in [0, 0.1) is 0 Å². The van der Waals surface area contributed by atoms with Crippen molar-refractivity contribution in [2.24, 2.45) is 0 Å². The predicted molar refractivity (Wildman–Crippen MR) is 32.9 cm³/mol. The maximum atomic E-state index is 10.3. The zero-order valence-electron chi connectivity index (χ0n) is 6.52. The number of carbonyl (C=O) groups excluding carboxylic acids is 2. The van der Waals surface area contributed by atoms with Crippen molar-refractivity contribution in [3.05, 3.63) is 29.6 Å². The Morgan fingerprint density at radius 3 is 2.23 bits per heavy atom. The average molecular weight is 230 g/mol.